The summed E-state index contributed by atoms with van der Waals surface area (Å²) in [6.45, 7) is 3.54. The van der Waals surface area contributed by atoms with Gasteiger partial charge in [0.25, 0.3) is 5.91 Å². The minimum absolute atomic E-state index is 0.0175. The maximum absolute atomic E-state index is 14.5. The van der Waals surface area contributed by atoms with Crippen LogP contribution in [0.25, 0.3) is 0 Å². The van der Waals surface area contributed by atoms with E-state index in [1.807, 2.05) is 4.72 Å². The van der Waals surface area contributed by atoms with Gasteiger partial charge in [-0.1, -0.05) is 6.07 Å². The number of hydrogen-bond donors (Lipinski definition) is 1. The average molecular weight is 454 g/mol. The van der Waals surface area contributed by atoms with Crippen molar-refractivity contribution in [2.45, 2.75) is 39.4 Å². The lowest BCUT2D eigenvalue weighted by molar-refractivity contribution is 0.0977. The van der Waals surface area contributed by atoms with E-state index in [2.05, 4.69) is 9.88 Å². The molecular weight excluding hydrogens is 428 g/mol. The van der Waals surface area contributed by atoms with Crippen LogP contribution in [0.5, 0.6) is 5.75 Å². The molecule has 1 saturated heterocycles. The van der Waals surface area contributed by atoms with Crippen LogP contribution in [0.1, 0.15) is 41.3 Å². The molecule has 0 unspecified atom stereocenters. The van der Waals surface area contributed by atoms with E-state index in [1.165, 1.54) is 19.2 Å². The molecule has 31 heavy (non-hydrogen) atoms. The first-order valence-corrected chi connectivity index (χ1v) is 11.6. The number of alkyl halides is 1. The Labute approximate surface area is 180 Å². The normalized spacial score (nSPS) is 16.4. The molecule has 0 radical (unpaired) electrons. The lowest BCUT2D eigenvalue weighted by Gasteiger charge is -2.26. The van der Waals surface area contributed by atoms with Crippen LogP contribution >= 0.6 is 0 Å². The first kappa shape index (κ1) is 22.9. The van der Waals surface area contributed by atoms with Crippen LogP contribution in [-0.2, 0) is 16.7 Å². The van der Waals surface area contributed by atoms with Gasteiger partial charge in [0.05, 0.1) is 17.4 Å². The number of amides is 1. The molecule has 10 heteroatoms. The molecule has 1 fully saturated rings. The number of halogens is 2. The smallest absolute Gasteiger partial charge is 0.267 e. The van der Waals surface area contributed by atoms with Gasteiger partial charge in [-0.3, -0.25) is 4.79 Å². The summed E-state index contributed by atoms with van der Waals surface area (Å²) in [5.41, 5.74) is 0.662. The molecule has 1 aromatic carbocycles. The van der Waals surface area contributed by atoms with E-state index in [4.69, 9.17) is 4.74 Å². The Morgan fingerprint density at radius 2 is 2.13 bits per heavy atom. The highest BCUT2D eigenvalue weighted by Crippen LogP contribution is 2.27. The Morgan fingerprint density at radius 1 is 1.35 bits per heavy atom. The number of carbonyl (C=O) groups is 1. The molecule has 1 aromatic heterocycles. The first-order valence-electron chi connectivity index (χ1n) is 9.99. The van der Waals surface area contributed by atoms with Gasteiger partial charge in [0, 0.05) is 24.4 Å². The molecule has 1 aliphatic rings. The van der Waals surface area contributed by atoms with Crippen LogP contribution in [0.15, 0.2) is 30.5 Å². The quantitative estimate of drug-likeness (QED) is 0.661. The molecule has 1 aliphatic heterocycles. The van der Waals surface area contributed by atoms with Crippen LogP contribution in [0.2, 0.25) is 0 Å². The number of rotatable bonds is 8. The molecule has 168 valence electrons. The van der Waals surface area contributed by atoms with E-state index < -0.39 is 28.4 Å². The Kier molecular flexibility index (Phi) is 7.09. The maximum Gasteiger partial charge on any atom is 0.267 e. The maximum atomic E-state index is 14.5. The summed E-state index contributed by atoms with van der Waals surface area (Å²) >= 11 is 0. The molecule has 1 atom stereocenters. The summed E-state index contributed by atoms with van der Waals surface area (Å²) in [7, 11) is -3.79. The Hall–Kier alpha value is -2.75. The van der Waals surface area contributed by atoms with Gasteiger partial charge in [-0.25, -0.2) is 26.9 Å². The standard InChI is InChI=1S/C21H25F2N3O4S/c1-3-31(28,29)25-21(27)17-9-14(2)19(10-18(17)23)30-13-16-5-4-8-26(16)20-7-6-15(11-22)12-24-20/h6-7,9-10,12,16H,3-5,8,11,13H2,1-2H3,(H,25,27)/t16-/m1/s1. The van der Waals surface area contributed by atoms with Gasteiger partial charge < -0.3 is 9.64 Å². The van der Waals surface area contributed by atoms with E-state index >= 15 is 0 Å². The number of nitrogens with one attached hydrogen (secondary N) is 1. The Bertz CT molecular complexity index is 1050. The number of ether oxygens (including phenoxy) is 1. The molecule has 3 rings (SSSR count). The fourth-order valence-electron chi connectivity index (χ4n) is 3.42. The number of anilines is 1. The zero-order chi connectivity index (χ0) is 22.6. The molecule has 0 saturated carbocycles. The third-order valence-electron chi connectivity index (χ3n) is 5.20. The topological polar surface area (TPSA) is 88.6 Å². The van der Waals surface area contributed by atoms with Crippen molar-refractivity contribution in [2.24, 2.45) is 0 Å². The monoisotopic (exact) mass is 453 g/mol. The zero-order valence-corrected chi connectivity index (χ0v) is 18.2. The van der Waals surface area contributed by atoms with Crippen LogP contribution in [0, 0.1) is 12.7 Å². The molecule has 0 aliphatic carbocycles. The van der Waals surface area contributed by atoms with Gasteiger partial charge in [0.15, 0.2) is 0 Å². The van der Waals surface area contributed by atoms with Crippen LogP contribution in [0.3, 0.4) is 0 Å². The van der Waals surface area contributed by atoms with Crippen molar-refractivity contribution in [1.29, 1.82) is 0 Å². The van der Waals surface area contributed by atoms with Crippen molar-refractivity contribution < 1.29 is 26.7 Å². The number of nitrogens with zero attached hydrogens (tertiary/aromatic N) is 2. The van der Waals surface area contributed by atoms with E-state index in [9.17, 15) is 22.0 Å². The largest absolute Gasteiger partial charge is 0.491 e. The second-order valence-corrected chi connectivity index (χ2v) is 9.40. The lowest BCUT2D eigenvalue weighted by Crippen LogP contribution is -2.35. The minimum atomic E-state index is -3.79. The minimum Gasteiger partial charge on any atom is -0.491 e. The van der Waals surface area contributed by atoms with Gasteiger partial charge in [0.2, 0.25) is 10.0 Å². The van der Waals surface area contributed by atoms with Gasteiger partial charge in [-0.15, -0.1) is 0 Å². The molecule has 1 amide bonds. The van der Waals surface area contributed by atoms with Gasteiger partial charge in [-0.05, 0) is 44.4 Å². The van der Waals surface area contributed by atoms with Crippen molar-refractivity contribution in [1.82, 2.24) is 9.71 Å². The van der Waals surface area contributed by atoms with Crippen molar-refractivity contribution in [3.05, 3.63) is 53.0 Å². The summed E-state index contributed by atoms with van der Waals surface area (Å²) in [5, 5.41) is 0. The van der Waals surface area contributed by atoms with E-state index in [1.54, 1.807) is 19.1 Å². The molecular formula is C21H25F2N3O4S. The van der Waals surface area contributed by atoms with Gasteiger partial charge in [0.1, 0.15) is 30.7 Å². The molecule has 0 bridgehead atoms. The second-order valence-electron chi connectivity index (χ2n) is 7.39. The van der Waals surface area contributed by atoms with Crippen LogP contribution in [0.4, 0.5) is 14.6 Å². The van der Waals surface area contributed by atoms with Crippen molar-refractivity contribution in [2.75, 3.05) is 23.8 Å². The predicted molar refractivity (Wildman–Crippen MR) is 113 cm³/mol. The van der Waals surface area contributed by atoms with E-state index in [0.29, 0.717) is 11.1 Å². The fourth-order valence-corrected chi connectivity index (χ4v) is 3.96. The number of benzene rings is 1. The van der Waals surface area contributed by atoms with Crippen molar-refractivity contribution in [3.8, 4) is 5.75 Å². The van der Waals surface area contributed by atoms with Crippen LogP contribution < -0.4 is 14.4 Å². The molecule has 2 heterocycles. The molecule has 0 spiro atoms. The number of pyridine rings is 1. The Balaban J connectivity index is 1.69. The summed E-state index contributed by atoms with van der Waals surface area (Å²) in [4.78, 5) is 18.5. The van der Waals surface area contributed by atoms with E-state index in [-0.39, 0.29) is 29.7 Å². The highest BCUT2D eigenvalue weighted by molar-refractivity contribution is 7.90. The van der Waals surface area contributed by atoms with E-state index in [0.717, 1.165) is 31.3 Å². The number of aromatic nitrogens is 1. The Morgan fingerprint density at radius 3 is 2.77 bits per heavy atom. The van der Waals surface area contributed by atoms with Crippen molar-refractivity contribution in [3.63, 3.8) is 0 Å². The highest BCUT2D eigenvalue weighted by Gasteiger charge is 2.27. The summed E-state index contributed by atoms with van der Waals surface area (Å²) in [5.74, 6) is -1.16. The zero-order valence-electron chi connectivity index (χ0n) is 17.4. The highest BCUT2D eigenvalue weighted by atomic mass is 32.2. The van der Waals surface area contributed by atoms with Gasteiger partial charge >= 0.3 is 0 Å². The SMILES string of the molecule is CCS(=O)(=O)NC(=O)c1cc(C)c(OC[C@H]2CCCN2c2ccc(CF)cn2)cc1F. The summed E-state index contributed by atoms with van der Waals surface area (Å²) < 4.78 is 58.0. The number of sulfonamides is 1. The summed E-state index contributed by atoms with van der Waals surface area (Å²) in [6.07, 6.45) is 3.32. The third-order valence-corrected chi connectivity index (χ3v) is 6.46. The molecule has 2 aromatic rings. The lowest BCUT2D eigenvalue weighted by atomic mass is 10.1. The average Bonchev–Trinajstić information content (AvgIpc) is 3.22. The predicted octanol–water partition coefficient (Wildman–Crippen LogP) is 3.13. The number of carbonyl (C=O) groups excluding carboxylic acids is 1. The van der Waals surface area contributed by atoms with Gasteiger partial charge in [-0.2, -0.15) is 0 Å². The first-order chi connectivity index (χ1) is 14.7. The fraction of sp³-hybridized carbons (Fsp3) is 0.429. The van der Waals surface area contributed by atoms with Crippen LogP contribution in [-0.4, -0.2) is 44.3 Å². The molecule has 7 nitrogen and oxygen atoms in total. The van der Waals surface area contributed by atoms with Crippen molar-refractivity contribution >= 4 is 21.7 Å². The summed E-state index contributed by atoms with van der Waals surface area (Å²) in [6, 6.07) is 5.85. The number of aryl methyl sites for hydroxylation is 1. The number of hydrogen-bond acceptors (Lipinski definition) is 6. The molecule has 1 N–H and O–H groups in total. The third kappa shape index (κ3) is 5.49. The second kappa shape index (κ2) is 9.59.